The second-order valence-electron chi connectivity index (χ2n) is 8.07. The van der Waals surface area contributed by atoms with E-state index in [1.165, 1.54) is 11.8 Å². The van der Waals surface area contributed by atoms with Crippen LogP contribution in [0, 0.1) is 0 Å². The Morgan fingerprint density at radius 1 is 1.16 bits per heavy atom. The van der Waals surface area contributed by atoms with Gasteiger partial charge < -0.3 is 24.4 Å². The van der Waals surface area contributed by atoms with E-state index in [1.54, 1.807) is 34.2 Å². The second kappa shape index (κ2) is 9.43. The van der Waals surface area contributed by atoms with Gasteiger partial charge in [0.1, 0.15) is 5.75 Å². The molecule has 2 amide bonds. The van der Waals surface area contributed by atoms with Crippen molar-refractivity contribution in [3.8, 4) is 5.75 Å². The van der Waals surface area contributed by atoms with Crippen LogP contribution in [-0.2, 0) is 11.3 Å². The molecule has 2 aliphatic rings. The summed E-state index contributed by atoms with van der Waals surface area (Å²) in [5, 5.41) is 19.5. The third-order valence-corrected chi connectivity index (χ3v) is 6.12. The maximum absolute atomic E-state index is 13.0. The van der Waals surface area contributed by atoms with E-state index in [0.717, 1.165) is 0 Å². The summed E-state index contributed by atoms with van der Waals surface area (Å²) in [5.41, 5.74) is -0.411. The summed E-state index contributed by atoms with van der Waals surface area (Å²) in [5.74, 6) is 0.0771. The smallest absolute Gasteiger partial charge is 0.276 e. The largest absolute Gasteiger partial charge is 0.496 e. The predicted molar refractivity (Wildman–Crippen MR) is 115 cm³/mol. The van der Waals surface area contributed by atoms with Gasteiger partial charge in [0.2, 0.25) is 0 Å². The number of aliphatic hydroxyl groups is 1. The van der Waals surface area contributed by atoms with Crippen LogP contribution in [0.15, 0.2) is 24.4 Å². The molecule has 0 bridgehead atoms. The van der Waals surface area contributed by atoms with Crippen LogP contribution in [0.3, 0.4) is 0 Å². The highest BCUT2D eigenvalue weighted by Gasteiger charge is 2.36. The van der Waals surface area contributed by atoms with Gasteiger partial charge in [-0.05, 0) is 31.0 Å². The van der Waals surface area contributed by atoms with Gasteiger partial charge in [0.25, 0.3) is 11.8 Å². The highest BCUT2D eigenvalue weighted by molar-refractivity contribution is 6.31. The number of piperidine rings is 1. The van der Waals surface area contributed by atoms with Gasteiger partial charge in [0, 0.05) is 31.2 Å². The van der Waals surface area contributed by atoms with Crippen LogP contribution in [-0.4, -0.2) is 93.8 Å². The van der Waals surface area contributed by atoms with E-state index in [4.69, 9.17) is 21.1 Å². The van der Waals surface area contributed by atoms with Crippen molar-refractivity contribution in [2.24, 2.45) is 0 Å². The van der Waals surface area contributed by atoms with Gasteiger partial charge in [0.05, 0.1) is 44.2 Å². The molecule has 0 atom stereocenters. The van der Waals surface area contributed by atoms with E-state index in [0.29, 0.717) is 68.6 Å². The summed E-state index contributed by atoms with van der Waals surface area (Å²) in [4.78, 5) is 28.9. The average Bonchev–Trinajstić information content (AvgIpc) is 3.27. The SMILES string of the molecule is COc1ccc(Cl)cc1C(=O)N1CCC(O)(Cn2cc(C(=O)N3CCOCC3)nn2)CC1. The van der Waals surface area contributed by atoms with Gasteiger partial charge in [-0.25, -0.2) is 4.68 Å². The molecule has 2 aromatic rings. The molecule has 2 saturated heterocycles. The number of aromatic nitrogens is 3. The molecule has 10 nitrogen and oxygen atoms in total. The van der Waals surface area contributed by atoms with Gasteiger partial charge in [-0.1, -0.05) is 16.8 Å². The minimum absolute atomic E-state index is 0.189. The minimum Gasteiger partial charge on any atom is -0.496 e. The van der Waals surface area contributed by atoms with Crippen molar-refractivity contribution >= 4 is 23.4 Å². The standard InChI is InChI=1S/C21H26ClN5O5/c1-31-18-3-2-15(22)12-16(18)19(28)25-6-4-21(30,5-7-25)14-27-13-17(23-24-27)20(29)26-8-10-32-11-9-26/h2-3,12-13,30H,4-11,14H2,1H3. The van der Waals surface area contributed by atoms with E-state index >= 15 is 0 Å². The molecule has 0 spiro atoms. The molecule has 11 heteroatoms. The highest BCUT2D eigenvalue weighted by atomic mass is 35.5. The lowest BCUT2D eigenvalue weighted by Crippen LogP contribution is -2.48. The first-order valence-electron chi connectivity index (χ1n) is 10.5. The molecule has 0 radical (unpaired) electrons. The summed E-state index contributed by atoms with van der Waals surface area (Å²) in [6.07, 6.45) is 2.30. The third-order valence-electron chi connectivity index (χ3n) is 5.89. The first kappa shape index (κ1) is 22.5. The van der Waals surface area contributed by atoms with Crippen molar-refractivity contribution in [1.82, 2.24) is 24.8 Å². The highest BCUT2D eigenvalue weighted by Crippen LogP contribution is 2.28. The quantitative estimate of drug-likeness (QED) is 0.706. The summed E-state index contributed by atoms with van der Waals surface area (Å²) < 4.78 is 12.0. The molecular formula is C21H26ClN5O5. The second-order valence-corrected chi connectivity index (χ2v) is 8.50. The van der Waals surface area contributed by atoms with Crippen LogP contribution in [0.1, 0.15) is 33.7 Å². The van der Waals surface area contributed by atoms with E-state index in [9.17, 15) is 14.7 Å². The summed E-state index contributed by atoms with van der Waals surface area (Å²) in [6, 6.07) is 4.92. The molecule has 172 valence electrons. The number of likely N-dealkylation sites (tertiary alicyclic amines) is 1. The fraction of sp³-hybridized carbons (Fsp3) is 0.524. The number of benzene rings is 1. The number of rotatable bonds is 5. The third kappa shape index (κ3) is 4.87. The van der Waals surface area contributed by atoms with Crippen molar-refractivity contribution in [2.45, 2.75) is 25.0 Å². The molecule has 0 saturated carbocycles. The lowest BCUT2D eigenvalue weighted by molar-refractivity contribution is -0.0318. The Balaban J connectivity index is 1.36. The Bertz CT molecular complexity index is 983. The number of ether oxygens (including phenoxy) is 2. The van der Waals surface area contributed by atoms with Crippen LogP contribution in [0.25, 0.3) is 0 Å². The number of amides is 2. The Kier molecular flexibility index (Phi) is 6.63. The number of morpholine rings is 1. The van der Waals surface area contributed by atoms with Crippen molar-refractivity contribution < 1.29 is 24.2 Å². The first-order valence-corrected chi connectivity index (χ1v) is 10.9. The van der Waals surface area contributed by atoms with Gasteiger partial charge in [-0.2, -0.15) is 0 Å². The van der Waals surface area contributed by atoms with Gasteiger partial charge in [-0.3, -0.25) is 9.59 Å². The van der Waals surface area contributed by atoms with Gasteiger partial charge in [0.15, 0.2) is 5.69 Å². The van der Waals surface area contributed by atoms with Crippen LogP contribution in [0.4, 0.5) is 0 Å². The number of carbonyl (C=O) groups is 2. The minimum atomic E-state index is -1.05. The molecular weight excluding hydrogens is 438 g/mol. The zero-order chi connectivity index (χ0) is 22.7. The molecule has 2 aliphatic heterocycles. The van der Waals surface area contributed by atoms with E-state index in [2.05, 4.69) is 10.3 Å². The number of halogens is 1. The zero-order valence-corrected chi connectivity index (χ0v) is 18.6. The Labute approximate surface area is 190 Å². The topological polar surface area (TPSA) is 110 Å². The van der Waals surface area contributed by atoms with Crippen molar-refractivity contribution in [1.29, 1.82) is 0 Å². The summed E-state index contributed by atoms with van der Waals surface area (Å²) in [6.45, 7) is 3.01. The maximum atomic E-state index is 13.0. The van der Waals surface area contributed by atoms with Crippen molar-refractivity contribution in [3.63, 3.8) is 0 Å². The summed E-state index contributed by atoms with van der Waals surface area (Å²) in [7, 11) is 1.51. The van der Waals surface area contributed by atoms with Crippen LogP contribution in [0.2, 0.25) is 5.02 Å². The lowest BCUT2D eigenvalue weighted by atomic mass is 9.91. The fourth-order valence-corrected chi connectivity index (χ4v) is 4.18. The number of hydrogen-bond donors (Lipinski definition) is 1. The van der Waals surface area contributed by atoms with Crippen LogP contribution >= 0.6 is 11.6 Å². The first-order chi connectivity index (χ1) is 15.4. The normalized spacial score (nSPS) is 18.5. The molecule has 1 N–H and O–H groups in total. The van der Waals surface area contributed by atoms with E-state index in [1.807, 2.05) is 0 Å². The molecule has 1 aromatic heterocycles. The molecule has 0 unspecified atom stereocenters. The molecule has 4 rings (SSSR count). The molecule has 1 aromatic carbocycles. The summed E-state index contributed by atoms with van der Waals surface area (Å²) >= 11 is 6.05. The Morgan fingerprint density at radius 3 is 2.53 bits per heavy atom. The van der Waals surface area contributed by atoms with E-state index in [-0.39, 0.29) is 24.1 Å². The number of methoxy groups -OCH3 is 1. The zero-order valence-electron chi connectivity index (χ0n) is 17.9. The monoisotopic (exact) mass is 463 g/mol. The molecule has 2 fully saturated rings. The lowest BCUT2D eigenvalue weighted by Gasteiger charge is -2.38. The van der Waals surface area contributed by atoms with Gasteiger partial charge in [-0.15, -0.1) is 5.10 Å². The number of hydrogen-bond acceptors (Lipinski definition) is 7. The van der Waals surface area contributed by atoms with Crippen LogP contribution in [0.5, 0.6) is 5.75 Å². The van der Waals surface area contributed by atoms with E-state index < -0.39 is 5.60 Å². The van der Waals surface area contributed by atoms with Gasteiger partial charge >= 0.3 is 0 Å². The predicted octanol–water partition coefficient (Wildman–Crippen LogP) is 1.08. The molecule has 0 aliphatic carbocycles. The fourth-order valence-electron chi connectivity index (χ4n) is 4.01. The van der Waals surface area contributed by atoms with Crippen molar-refractivity contribution in [3.05, 3.63) is 40.7 Å². The molecule has 3 heterocycles. The number of carbonyl (C=O) groups excluding carboxylic acids is 2. The Morgan fingerprint density at radius 2 is 1.84 bits per heavy atom. The number of nitrogens with zero attached hydrogens (tertiary/aromatic N) is 5. The Hall–Kier alpha value is -2.69. The molecule has 32 heavy (non-hydrogen) atoms. The van der Waals surface area contributed by atoms with Crippen molar-refractivity contribution in [2.75, 3.05) is 46.5 Å². The average molecular weight is 464 g/mol. The van der Waals surface area contributed by atoms with Crippen LogP contribution < -0.4 is 4.74 Å². The maximum Gasteiger partial charge on any atom is 0.276 e.